The molecular weight excluding hydrogens is 434 g/mol. The van der Waals surface area contributed by atoms with Crippen LogP contribution in [0.5, 0.6) is 0 Å². The van der Waals surface area contributed by atoms with Crippen LogP contribution in [0.15, 0.2) is 16.8 Å². The van der Waals surface area contributed by atoms with E-state index in [9.17, 15) is 10.0 Å². The van der Waals surface area contributed by atoms with Gasteiger partial charge in [0.2, 0.25) is 0 Å². The first-order valence-electron chi connectivity index (χ1n) is 14.2. The van der Waals surface area contributed by atoms with Crippen LogP contribution in [0.3, 0.4) is 0 Å². The summed E-state index contributed by atoms with van der Waals surface area (Å²) >= 11 is 0. The Kier molecular flexibility index (Phi) is 5.50. The summed E-state index contributed by atoms with van der Waals surface area (Å²) in [6.45, 7) is 17.1. The summed E-state index contributed by atoms with van der Waals surface area (Å²) in [5.74, 6) is 1.49. The van der Waals surface area contributed by atoms with E-state index >= 15 is 0 Å². The average molecular weight is 484 g/mol. The van der Waals surface area contributed by atoms with Crippen molar-refractivity contribution in [1.29, 1.82) is 0 Å². The lowest BCUT2D eigenvalue weighted by atomic mass is 9.33. The molecule has 4 nitrogen and oxygen atoms in total. The molecule has 4 saturated carbocycles. The van der Waals surface area contributed by atoms with Crippen molar-refractivity contribution in [3.63, 3.8) is 0 Å². The van der Waals surface area contributed by atoms with E-state index in [1.165, 1.54) is 12.8 Å². The van der Waals surface area contributed by atoms with Crippen molar-refractivity contribution in [2.75, 3.05) is 7.11 Å². The molecule has 0 spiro atoms. The highest BCUT2D eigenvalue weighted by Gasteiger charge is 2.69. The van der Waals surface area contributed by atoms with E-state index in [0.29, 0.717) is 17.8 Å². The predicted molar refractivity (Wildman–Crippen MR) is 140 cm³/mol. The number of hydrogen-bond donors (Lipinski definition) is 1. The molecular formula is C31H49NO3. The molecule has 0 aromatic carbocycles. The molecule has 4 heteroatoms. The normalized spacial score (nSPS) is 49.1. The number of oxime groups is 1. The molecule has 0 bridgehead atoms. The first kappa shape index (κ1) is 25.3. The lowest BCUT2D eigenvalue weighted by molar-refractivity contribution is -0.181. The van der Waals surface area contributed by atoms with Crippen LogP contribution < -0.4 is 0 Å². The quantitative estimate of drug-likeness (QED) is 0.179. The number of ether oxygens (including phenoxy) is 1. The van der Waals surface area contributed by atoms with Crippen LogP contribution in [0.4, 0.5) is 0 Å². The summed E-state index contributed by atoms with van der Waals surface area (Å²) in [4.78, 5) is 13.4. The van der Waals surface area contributed by atoms with Gasteiger partial charge in [-0.3, -0.25) is 4.79 Å². The van der Waals surface area contributed by atoms with Gasteiger partial charge in [-0.1, -0.05) is 65.3 Å². The summed E-state index contributed by atoms with van der Waals surface area (Å²) in [7, 11) is 1.59. The maximum Gasteiger partial charge on any atom is 0.312 e. The molecule has 0 aliphatic heterocycles. The van der Waals surface area contributed by atoms with Gasteiger partial charge >= 0.3 is 5.97 Å². The number of carbonyl (C=O) groups excluding carboxylic acids is 1. The van der Waals surface area contributed by atoms with Gasteiger partial charge in [-0.25, -0.2) is 0 Å². The second kappa shape index (κ2) is 7.60. The van der Waals surface area contributed by atoms with E-state index in [1.54, 1.807) is 12.7 Å². The fourth-order valence-corrected chi connectivity index (χ4v) is 10.8. The van der Waals surface area contributed by atoms with Gasteiger partial charge in [0, 0.05) is 5.41 Å². The first-order chi connectivity index (χ1) is 16.2. The van der Waals surface area contributed by atoms with Gasteiger partial charge < -0.3 is 9.94 Å². The van der Waals surface area contributed by atoms with Gasteiger partial charge in [0.1, 0.15) is 0 Å². The zero-order valence-corrected chi connectivity index (χ0v) is 23.6. The Morgan fingerprint density at radius 1 is 0.971 bits per heavy atom. The maximum absolute atomic E-state index is 13.4. The second-order valence-electron chi connectivity index (χ2n) is 15.1. The van der Waals surface area contributed by atoms with Crippen LogP contribution in [-0.2, 0) is 9.53 Å². The molecule has 35 heavy (non-hydrogen) atoms. The summed E-state index contributed by atoms with van der Waals surface area (Å²) in [6.07, 6.45) is 13.4. The van der Waals surface area contributed by atoms with E-state index in [2.05, 4.69) is 59.7 Å². The van der Waals surface area contributed by atoms with Crippen molar-refractivity contribution in [1.82, 2.24) is 0 Å². The Balaban J connectivity index is 1.60. The lowest BCUT2D eigenvalue weighted by Crippen LogP contribution is -2.64. The van der Waals surface area contributed by atoms with Gasteiger partial charge in [-0.05, 0) is 104 Å². The minimum Gasteiger partial charge on any atom is -0.469 e. The van der Waals surface area contributed by atoms with Crippen molar-refractivity contribution >= 4 is 11.7 Å². The van der Waals surface area contributed by atoms with Gasteiger partial charge in [-0.2, -0.15) is 0 Å². The highest BCUT2D eigenvalue weighted by atomic mass is 16.5. The molecule has 5 aliphatic carbocycles. The topological polar surface area (TPSA) is 58.9 Å². The smallest absolute Gasteiger partial charge is 0.312 e. The third-order valence-electron chi connectivity index (χ3n) is 13.1. The van der Waals surface area contributed by atoms with Gasteiger partial charge in [0.05, 0.1) is 18.2 Å². The minimum atomic E-state index is -0.334. The van der Waals surface area contributed by atoms with Gasteiger partial charge in [-0.15, -0.1) is 0 Å². The highest BCUT2D eigenvalue weighted by Crippen LogP contribution is 2.75. The van der Waals surface area contributed by atoms with E-state index < -0.39 is 0 Å². The Labute approximate surface area is 213 Å². The van der Waals surface area contributed by atoms with E-state index in [4.69, 9.17) is 4.74 Å². The minimum absolute atomic E-state index is 0.0359. The first-order valence-corrected chi connectivity index (χ1v) is 14.2. The summed E-state index contributed by atoms with van der Waals surface area (Å²) in [5, 5.41) is 13.5. The third kappa shape index (κ3) is 3.10. The Morgan fingerprint density at radius 2 is 1.66 bits per heavy atom. The number of esters is 1. The molecule has 0 amide bonds. The number of carbonyl (C=O) groups is 1. The van der Waals surface area contributed by atoms with Crippen LogP contribution in [0.25, 0.3) is 0 Å². The van der Waals surface area contributed by atoms with Crippen molar-refractivity contribution in [2.45, 2.75) is 113 Å². The Morgan fingerprint density at radius 3 is 2.31 bits per heavy atom. The van der Waals surface area contributed by atoms with Crippen molar-refractivity contribution in [3.05, 3.63) is 11.6 Å². The average Bonchev–Trinajstić information content (AvgIpc) is 2.78. The van der Waals surface area contributed by atoms with Crippen LogP contribution in [0, 0.1) is 50.2 Å². The zero-order valence-electron chi connectivity index (χ0n) is 23.6. The van der Waals surface area contributed by atoms with E-state index in [0.717, 1.165) is 57.1 Å². The predicted octanol–water partition coefficient (Wildman–Crippen LogP) is 7.79. The van der Waals surface area contributed by atoms with Crippen molar-refractivity contribution in [3.8, 4) is 0 Å². The number of methoxy groups -OCH3 is 1. The van der Waals surface area contributed by atoms with E-state index in [1.807, 2.05) is 0 Å². The van der Waals surface area contributed by atoms with Crippen molar-refractivity contribution < 1.29 is 14.7 Å². The standard InChI is InChI=1S/C31H49NO3/c1-26(2)15-17-31(25(33)35-8)18-16-29(6)20(21(31)19-26)9-10-23-28(5)13-12-24(32-34)27(3,4)22(28)11-14-30(23,29)7/h9,21-23,34H,10-19H2,1-8H3/b32-24+/t21?,22?,23?,28-,29+,30+,31-/m0/s1. The SMILES string of the molecule is COC(=O)[C@]12CCC(C)(C)CC1C1=CCC3[C@@]4(C)CC/C(=N\O)C(C)(C)C4CC[C@@]3(C)[C@]1(C)CC2. The fourth-order valence-electron chi connectivity index (χ4n) is 10.8. The molecule has 1 N–H and O–H groups in total. The Bertz CT molecular complexity index is 978. The molecule has 4 fully saturated rings. The summed E-state index contributed by atoms with van der Waals surface area (Å²) in [5.41, 5.74) is 3.02. The van der Waals surface area contributed by atoms with E-state index in [-0.39, 0.29) is 38.5 Å². The van der Waals surface area contributed by atoms with Crippen LogP contribution in [-0.4, -0.2) is 24.0 Å². The zero-order chi connectivity index (χ0) is 25.7. The molecule has 5 aliphatic rings. The fraction of sp³-hybridized carbons (Fsp3) is 0.871. The molecule has 5 rings (SSSR count). The number of nitrogens with zero attached hydrogens (tertiary/aromatic N) is 1. The van der Waals surface area contributed by atoms with Crippen LogP contribution >= 0.6 is 0 Å². The second-order valence-corrected chi connectivity index (χ2v) is 15.1. The monoisotopic (exact) mass is 483 g/mol. The summed E-state index contributed by atoms with van der Waals surface area (Å²) < 4.78 is 5.50. The molecule has 0 aromatic heterocycles. The molecule has 0 radical (unpaired) electrons. The molecule has 0 heterocycles. The number of hydrogen-bond acceptors (Lipinski definition) is 4. The molecule has 0 aromatic rings. The lowest BCUT2D eigenvalue weighted by Gasteiger charge is -2.70. The largest absolute Gasteiger partial charge is 0.469 e. The van der Waals surface area contributed by atoms with Crippen LogP contribution in [0.1, 0.15) is 113 Å². The molecule has 0 saturated heterocycles. The molecule has 7 atom stereocenters. The van der Waals surface area contributed by atoms with Crippen LogP contribution in [0.2, 0.25) is 0 Å². The highest BCUT2D eigenvalue weighted by molar-refractivity contribution is 5.90. The van der Waals surface area contributed by atoms with Gasteiger partial charge in [0.25, 0.3) is 0 Å². The maximum atomic E-state index is 13.4. The molecule has 3 unspecified atom stereocenters. The number of rotatable bonds is 1. The Hall–Kier alpha value is -1.32. The number of allylic oxidation sites excluding steroid dienone is 2. The van der Waals surface area contributed by atoms with Crippen molar-refractivity contribution in [2.24, 2.45) is 55.4 Å². The number of fused-ring (bicyclic) bond motifs is 7. The third-order valence-corrected chi connectivity index (χ3v) is 13.1. The van der Waals surface area contributed by atoms with Gasteiger partial charge in [0.15, 0.2) is 0 Å². The summed E-state index contributed by atoms with van der Waals surface area (Å²) in [6, 6.07) is 0. The molecule has 196 valence electrons.